The van der Waals surface area contributed by atoms with Crippen molar-refractivity contribution in [1.29, 1.82) is 0 Å². The predicted molar refractivity (Wildman–Crippen MR) is 66.0 cm³/mol. The van der Waals surface area contributed by atoms with Gasteiger partial charge in [0.25, 0.3) is 0 Å². The molecule has 0 aliphatic heterocycles. The summed E-state index contributed by atoms with van der Waals surface area (Å²) in [5.41, 5.74) is 3.35. The van der Waals surface area contributed by atoms with E-state index in [4.69, 9.17) is 5.11 Å². The number of hydrogen-bond donors (Lipinski definition) is 1. The van der Waals surface area contributed by atoms with Gasteiger partial charge in [-0.25, -0.2) is 0 Å². The molecule has 0 saturated heterocycles. The van der Waals surface area contributed by atoms with Crippen LogP contribution in [0.2, 0.25) is 0 Å². The van der Waals surface area contributed by atoms with Crippen LogP contribution >= 0.6 is 0 Å². The number of carboxylic acid groups (broad SMARTS) is 1. The number of rotatable bonds is 4. The quantitative estimate of drug-likeness (QED) is 0.842. The summed E-state index contributed by atoms with van der Waals surface area (Å²) < 4.78 is 0. The summed E-state index contributed by atoms with van der Waals surface area (Å²) in [6.07, 6.45) is 0.111. The summed E-state index contributed by atoms with van der Waals surface area (Å²) in [7, 11) is 0. The first-order valence-electron chi connectivity index (χ1n) is 5.75. The Morgan fingerprint density at radius 3 is 1.81 bits per heavy atom. The zero-order chi connectivity index (χ0) is 12.3. The number of carboxylic acids is 1. The summed E-state index contributed by atoms with van der Waals surface area (Å²) in [5.74, 6) is 0.105. The van der Waals surface area contributed by atoms with E-state index < -0.39 is 5.97 Å². The molecule has 1 rings (SSSR count). The van der Waals surface area contributed by atoms with Crippen molar-refractivity contribution in [2.75, 3.05) is 0 Å². The molecule has 1 aromatic carbocycles. The van der Waals surface area contributed by atoms with E-state index in [0.29, 0.717) is 11.8 Å². The maximum atomic E-state index is 10.7. The summed E-state index contributed by atoms with van der Waals surface area (Å²) in [4.78, 5) is 10.7. The Morgan fingerprint density at radius 1 is 1.06 bits per heavy atom. The molecule has 0 amide bonds. The monoisotopic (exact) mass is 220 g/mol. The van der Waals surface area contributed by atoms with Crippen molar-refractivity contribution in [3.05, 3.63) is 34.9 Å². The highest BCUT2D eigenvalue weighted by molar-refractivity contribution is 5.70. The van der Waals surface area contributed by atoms with E-state index in [1.807, 2.05) is 12.1 Å². The van der Waals surface area contributed by atoms with Crippen molar-refractivity contribution in [3.63, 3.8) is 0 Å². The lowest BCUT2D eigenvalue weighted by atomic mass is 9.92. The zero-order valence-corrected chi connectivity index (χ0v) is 10.4. The Balaban J connectivity index is 3.13. The number of benzene rings is 1. The molecule has 0 aromatic heterocycles. The van der Waals surface area contributed by atoms with Crippen molar-refractivity contribution in [2.45, 2.75) is 46.0 Å². The van der Waals surface area contributed by atoms with Gasteiger partial charge in [0.15, 0.2) is 0 Å². The van der Waals surface area contributed by atoms with Crippen LogP contribution in [0.5, 0.6) is 0 Å². The van der Waals surface area contributed by atoms with Crippen LogP contribution in [-0.2, 0) is 11.2 Å². The highest BCUT2D eigenvalue weighted by atomic mass is 16.4. The van der Waals surface area contributed by atoms with Gasteiger partial charge in [0.1, 0.15) is 0 Å². The third kappa shape index (κ3) is 3.37. The summed E-state index contributed by atoms with van der Waals surface area (Å²) in [6, 6.07) is 6.19. The van der Waals surface area contributed by atoms with Gasteiger partial charge in [-0.2, -0.15) is 0 Å². The highest BCUT2D eigenvalue weighted by Crippen LogP contribution is 2.23. The molecule has 1 aromatic rings. The maximum Gasteiger partial charge on any atom is 0.307 e. The lowest BCUT2D eigenvalue weighted by molar-refractivity contribution is -0.136. The molecule has 2 heteroatoms. The van der Waals surface area contributed by atoms with Crippen molar-refractivity contribution in [2.24, 2.45) is 0 Å². The molecule has 0 saturated carbocycles. The molecule has 0 spiro atoms. The standard InChI is InChI=1S/C14H20O2/c1-9(2)12-5-11(7-14(15)16)6-13(8-12)10(3)4/h5-6,8-10H,7H2,1-4H3,(H,15,16). The molecule has 88 valence electrons. The number of carbonyl (C=O) groups is 1. The Morgan fingerprint density at radius 2 is 1.50 bits per heavy atom. The van der Waals surface area contributed by atoms with Gasteiger partial charge in [0.05, 0.1) is 6.42 Å². The second-order valence-corrected chi connectivity index (χ2v) is 4.89. The molecular formula is C14H20O2. The first-order valence-corrected chi connectivity index (χ1v) is 5.75. The van der Waals surface area contributed by atoms with Gasteiger partial charge in [-0.15, -0.1) is 0 Å². The van der Waals surface area contributed by atoms with E-state index in [9.17, 15) is 4.79 Å². The zero-order valence-electron chi connectivity index (χ0n) is 10.4. The Hall–Kier alpha value is -1.31. The van der Waals surface area contributed by atoms with Crippen LogP contribution in [0, 0.1) is 0 Å². The van der Waals surface area contributed by atoms with Crippen LogP contribution < -0.4 is 0 Å². The molecule has 16 heavy (non-hydrogen) atoms. The lowest BCUT2D eigenvalue weighted by Gasteiger charge is -2.13. The summed E-state index contributed by atoms with van der Waals surface area (Å²) in [5, 5.41) is 8.83. The summed E-state index contributed by atoms with van der Waals surface area (Å²) >= 11 is 0. The second kappa shape index (κ2) is 5.15. The highest BCUT2D eigenvalue weighted by Gasteiger charge is 2.09. The smallest absolute Gasteiger partial charge is 0.307 e. The largest absolute Gasteiger partial charge is 0.481 e. The van der Waals surface area contributed by atoms with E-state index in [2.05, 4.69) is 33.8 Å². The first kappa shape index (κ1) is 12.8. The SMILES string of the molecule is CC(C)c1cc(CC(=O)O)cc(C(C)C)c1. The number of hydrogen-bond acceptors (Lipinski definition) is 1. The molecule has 2 nitrogen and oxygen atoms in total. The van der Waals surface area contributed by atoms with Crippen molar-refractivity contribution in [3.8, 4) is 0 Å². The van der Waals surface area contributed by atoms with Crippen LogP contribution in [0.4, 0.5) is 0 Å². The minimum Gasteiger partial charge on any atom is -0.481 e. The van der Waals surface area contributed by atoms with E-state index >= 15 is 0 Å². The van der Waals surface area contributed by atoms with Gasteiger partial charge in [0, 0.05) is 0 Å². The van der Waals surface area contributed by atoms with Gasteiger partial charge >= 0.3 is 5.97 Å². The first-order chi connectivity index (χ1) is 7.40. The molecule has 0 bridgehead atoms. The number of aliphatic carboxylic acids is 1. The van der Waals surface area contributed by atoms with Crippen molar-refractivity contribution >= 4 is 5.97 Å². The molecular weight excluding hydrogens is 200 g/mol. The van der Waals surface area contributed by atoms with Crippen LogP contribution in [0.25, 0.3) is 0 Å². The van der Waals surface area contributed by atoms with Gasteiger partial charge in [-0.1, -0.05) is 45.9 Å². The average Bonchev–Trinajstić information content (AvgIpc) is 2.15. The fourth-order valence-corrected chi connectivity index (χ4v) is 1.69. The van der Waals surface area contributed by atoms with Gasteiger partial charge in [-0.05, 0) is 28.5 Å². The van der Waals surface area contributed by atoms with Gasteiger partial charge in [-0.3, -0.25) is 4.79 Å². The molecule has 0 aliphatic rings. The van der Waals surface area contributed by atoms with E-state index in [1.54, 1.807) is 0 Å². The molecule has 0 radical (unpaired) electrons. The fourth-order valence-electron chi connectivity index (χ4n) is 1.69. The van der Waals surface area contributed by atoms with Crippen LogP contribution in [0.1, 0.15) is 56.2 Å². The van der Waals surface area contributed by atoms with Crippen LogP contribution in [0.15, 0.2) is 18.2 Å². The summed E-state index contributed by atoms with van der Waals surface area (Å²) in [6.45, 7) is 8.52. The third-order valence-corrected chi connectivity index (χ3v) is 2.73. The molecule has 0 aliphatic carbocycles. The second-order valence-electron chi connectivity index (χ2n) is 4.89. The van der Waals surface area contributed by atoms with Crippen molar-refractivity contribution < 1.29 is 9.90 Å². The van der Waals surface area contributed by atoms with Crippen molar-refractivity contribution in [1.82, 2.24) is 0 Å². The predicted octanol–water partition coefficient (Wildman–Crippen LogP) is 3.56. The molecule has 1 N–H and O–H groups in total. The molecule has 0 unspecified atom stereocenters. The molecule has 0 atom stereocenters. The van der Waals surface area contributed by atoms with Gasteiger partial charge < -0.3 is 5.11 Å². The normalized spacial score (nSPS) is 11.1. The minimum absolute atomic E-state index is 0.111. The van der Waals surface area contributed by atoms with Crippen LogP contribution in [0.3, 0.4) is 0 Å². The molecule has 0 heterocycles. The Labute approximate surface area is 97.3 Å². The maximum absolute atomic E-state index is 10.7. The van der Waals surface area contributed by atoms with E-state index in [1.165, 1.54) is 11.1 Å². The average molecular weight is 220 g/mol. The van der Waals surface area contributed by atoms with Gasteiger partial charge in [0.2, 0.25) is 0 Å². The minimum atomic E-state index is -0.768. The molecule has 0 fully saturated rings. The Bertz CT molecular complexity index is 352. The topological polar surface area (TPSA) is 37.3 Å². The fraction of sp³-hybridized carbons (Fsp3) is 0.500. The van der Waals surface area contributed by atoms with E-state index in [-0.39, 0.29) is 6.42 Å². The van der Waals surface area contributed by atoms with E-state index in [0.717, 1.165) is 5.56 Å². The third-order valence-electron chi connectivity index (χ3n) is 2.73. The van der Waals surface area contributed by atoms with Crippen LogP contribution in [-0.4, -0.2) is 11.1 Å². The lowest BCUT2D eigenvalue weighted by Crippen LogP contribution is -2.03. The Kier molecular flexibility index (Phi) is 4.11.